The normalized spacial score (nSPS) is 17.2. The van der Waals surface area contributed by atoms with Crippen LogP contribution in [0.2, 0.25) is 0 Å². The lowest BCUT2D eigenvalue weighted by atomic mass is 9.94. The van der Waals surface area contributed by atoms with Crippen LogP contribution in [0.15, 0.2) is 48.5 Å². The largest absolute Gasteiger partial charge is 0.497 e. The number of ketones is 1. The van der Waals surface area contributed by atoms with E-state index in [1.165, 1.54) is 6.92 Å². The van der Waals surface area contributed by atoms with E-state index in [9.17, 15) is 9.59 Å². The lowest BCUT2D eigenvalue weighted by molar-refractivity contribution is 0.0611. The van der Waals surface area contributed by atoms with Crippen LogP contribution >= 0.6 is 0 Å². The van der Waals surface area contributed by atoms with Crippen LogP contribution in [-0.2, 0) is 0 Å². The van der Waals surface area contributed by atoms with Crippen molar-refractivity contribution in [3.05, 3.63) is 65.2 Å². The van der Waals surface area contributed by atoms with Crippen molar-refractivity contribution in [3.63, 3.8) is 0 Å². The van der Waals surface area contributed by atoms with E-state index in [1.54, 1.807) is 31.4 Å². The Bertz CT molecular complexity index is 784. The molecular weight excluding hydrogens is 314 g/mol. The van der Waals surface area contributed by atoms with Gasteiger partial charge in [0.15, 0.2) is 5.78 Å². The summed E-state index contributed by atoms with van der Waals surface area (Å²) in [6.07, 6.45) is 3.03. The molecule has 0 bridgehead atoms. The number of hydrogen-bond donors (Lipinski definition) is 0. The van der Waals surface area contributed by atoms with Crippen molar-refractivity contribution in [1.82, 2.24) is 4.90 Å². The highest BCUT2D eigenvalue weighted by Crippen LogP contribution is 2.33. The Kier molecular flexibility index (Phi) is 5.17. The monoisotopic (exact) mass is 337 g/mol. The number of carbonyl (C=O) groups is 2. The highest BCUT2D eigenvalue weighted by Gasteiger charge is 2.29. The quantitative estimate of drug-likeness (QED) is 0.783. The number of Topliss-reactive ketones (excluding diaryl/α,β-unsaturated/α-hetero) is 1. The van der Waals surface area contributed by atoms with Gasteiger partial charge in [0.05, 0.1) is 13.2 Å². The Labute approximate surface area is 148 Å². The van der Waals surface area contributed by atoms with Crippen molar-refractivity contribution in [2.24, 2.45) is 0 Å². The molecule has 130 valence electrons. The van der Waals surface area contributed by atoms with E-state index in [1.807, 2.05) is 29.2 Å². The molecule has 4 nitrogen and oxygen atoms in total. The van der Waals surface area contributed by atoms with Gasteiger partial charge in [-0.15, -0.1) is 0 Å². The van der Waals surface area contributed by atoms with E-state index in [-0.39, 0.29) is 17.7 Å². The molecule has 1 fully saturated rings. The number of benzene rings is 2. The van der Waals surface area contributed by atoms with Crippen LogP contribution in [0.4, 0.5) is 0 Å². The number of carbonyl (C=O) groups excluding carboxylic acids is 2. The molecule has 1 aliphatic rings. The maximum atomic E-state index is 13.1. The summed E-state index contributed by atoms with van der Waals surface area (Å²) in [7, 11) is 1.65. The summed E-state index contributed by atoms with van der Waals surface area (Å²) in [5.74, 6) is 0.752. The first-order chi connectivity index (χ1) is 12.1. The topological polar surface area (TPSA) is 46.6 Å². The molecule has 0 saturated carbocycles. The molecule has 2 aromatic rings. The third-order valence-corrected chi connectivity index (χ3v) is 4.76. The summed E-state index contributed by atoms with van der Waals surface area (Å²) >= 11 is 0. The van der Waals surface area contributed by atoms with Crippen LogP contribution < -0.4 is 4.74 Å². The fourth-order valence-corrected chi connectivity index (χ4v) is 3.41. The molecule has 4 heteroatoms. The SMILES string of the molecule is COc1cccc([C@H]2CCCCN2C(=O)c2cccc(C(C)=O)c2)c1. The van der Waals surface area contributed by atoms with Crippen LogP contribution in [0.3, 0.4) is 0 Å². The van der Waals surface area contributed by atoms with Crippen molar-refractivity contribution in [2.75, 3.05) is 13.7 Å². The lowest BCUT2D eigenvalue weighted by Crippen LogP contribution is -2.38. The first-order valence-electron chi connectivity index (χ1n) is 8.66. The molecule has 2 aromatic carbocycles. The minimum absolute atomic E-state index is 0.0179. The van der Waals surface area contributed by atoms with Gasteiger partial charge in [0, 0.05) is 17.7 Å². The first kappa shape index (κ1) is 17.2. The van der Waals surface area contributed by atoms with Crippen LogP contribution in [0.25, 0.3) is 0 Å². The van der Waals surface area contributed by atoms with E-state index < -0.39 is 0 Å². The van der Waals surface area contributed by atoms with Gasteiger partial charge in [0.1, 0.15) is 5.75 Å². The second kappa shape index (κ2) is 7.51. The number of hydrogen-bond acceptors (Lipinski definition) is 3. The molecule has 1 amide bonds. The minimum atomic E-state index is -0.0300. The molecule has 0 unspecified atom stereocenters. The Morgan fingerprint density at radius 2 is 1.80 bits per heavy atom. The third kappa shape index (κ3) is 3.73. The maximum Gasteiger partial charge on any atom is 0.254 e. The molecule has 1 saturated heterocycles. The molecule has 25 heavy (non-hydrogen) atoms. The summed E-state index contributed by atoms with van der Waals surface area (Å²) in [6, 6.07) is 15.0. The Hall–Kier alpha value is -2.62. The number of methoxy groups -OCH3 is 1. The second-order valence-corrected chi connectivity index (χ2v) is 6.42. The Morgan fingerprint density at radius 3 is 2.56 bits per heavy atom. The molecule has 1 atom stereocenters. The van der Waals surface area contributed by atoms with E-state index in [2.05, 4.69) is 0 Å². The molecule has 0 spiro atoms. The summed E-state index contributed by atoms with van der Waals surface area (Å²) < 4.78 is 5.33. The Balaban J connectivity index is 1.91. The van der Waals surface area contributed by atoms with E-state index >= 15 is 0 Å². The van der Waals surface area contributed by atoms with E-state index in [0.29, 0.717) is 11.1 Å². The van der Waals surface area contributed by atoms with Crippen molar-refractivity contribution < 1.29 is 14.3 Å². The highest BCUT2D eigenvalue weighted by molar-refractivity contribution is 5.99. The van der Waals surface area contributed by atoms with Gasteiger partial charge in [-0.2, -0.15) is 0 Å². The average molecular weight is 337 g/mol. The summed E-state index contributed by atoms with van der Waals surface area (Å²) in [5.41, 5.74) is 2.23. The smallest absolute Gasteiger partial charge is 0.254 e. The zero-order valence-electron chi connectivity index (χ0n) is 14.7. The predicted molar refractivity (Wildman–Crippen MR) is 97.1 cm³/mol. The van der Waals surface area contributed by atoms with Crippen LogP contribution in [0.5, 0.6) is 5.75 Å². The zero-order valence-corrected chi connectivity index (χ0v) is 14.7. The van der Waals surface area contributed by atoms with Crippen molar-refractivity contribution in [1.29, 1.82) is 0 Å². The lowest BCUT2D eigenvalue weighted by Gasteiger charge is -2.36. The molecule has 0 aromatic heterocycles. The number of piperidine rings is 1. The van der Waals surface area contributed by atoms with Gasteiger partial charge >= 0.3 is 0 Å². The van der Waals surface area contributed by atoms with E-state index in [4.69, 9.17) is 4.74 Å². The van der Waals surface area contributed by atoms with Gasteiger partial charge in [-0.3, -0.25) is 9.59 Å². The molecule has 0 N–H and O–H groups in total. The predicted octanol–water partition coefficient (Wildman–Crippen LogP) is 4.27. The molecule has 0 radical (unpaired) electrons. The summed E-state index contributed by atoms with van der Waals surface area (Å²) in [5, 5.41) is 0. The van der Waals surface area contributed by atoms with E-state index in [0.717, 1.165) is 37.1 Å². The van der Waals surface area contributed by atoms with Gasteiger partial charge in [0.2, 0.25) is 0 Å². The molecule has 1 heterocycles. The fraction of sp³-hybridized carbons (Fsp3) is 0.333. The first-order valence-corrected chi connectivity index (χ1v) is 8.66. The summed E-state index contributed by atoms with van der Waals surface area (Å²) in [6.45, 7) is 2.24. The fourth-order valence-electron chi connectivity index (χ4n) is 3.41. The van der Waals surface area contributed by atoms with Gasteiger partial charge in [-0.05, 0) is 56.0 Å². The van der Waals surface area contributed by atoms with Crippen LogP contribution in [-0.4, -0.2) is 30.2 Å². The number of ether oxygens (including phenoxy) is 1. The molecule has 3 rings (SSSR count). The van der Waals surface area contributed by atoms with Crippen molar-refractivity contribution >= 4 is 11.7 Å². The number of nitrogens with zero attached hydrogens (tertiary/aromatic N) is 1. The molecular formula is C21H23NO3. The zero-order chi connectivity index (χ0) is 17.8. The summed E-state index contributed by atoms with van der Waals surface area (Å²) in [4.78, 5) is 26.6. The van der Waals surface area contributed by atoms with Gasteiger partial charge in [-0.1, -0.05) is 24.3 Å². The second-order valence-electron chi connectivity index (χ2n) is 6.42. The standard InChI is InChI=1S/C21H23NO3/c1-15(23)16-7-5-9-18(13-16)21(24)22-12-4-3-11-20(22)17-8-6-10-19(14-17)25-2/h5-10,13-14,20H,3-4,11-12H2,1-2H3/t20-/m1/s1. The van der Waals surface area contributed by atoms with Gasteiger partial charge in [0.25, 0.3) is 5.91 Å². The molecule has 0 aliphatic carbocycles. The Morgan fingerprint density at radius 1 is 1.04 bits per heavy atom. The number of likely N-dealkylation sites (tertiary alicyclic amines) is 1. The molecule has 1 aliphatic heterocycles. The van der Waals surface area contributed by atoms with Crippen LogP contribution in [0.1, 0.15) is 58.5 Å². The van der Waals surface area contributed by atoms with Gasteiger partial charge < -0.3 is 9.64 Å². The highest BCUT2D eigenvalue weighted by atomic mass is 16.5. The number of rotatable bonds is 4. The van der Waals surface area contributed by atoms with Crippen molar-refractivity contribution in [3.8, 4) is 5.75 Å². The van der Waals surface area contributed by atoms with Crippen molar-refractivity contribution in [2.45, 2.75) is 32.2 Å². The van der Waals surface area contributed by atoms with Crippen LogP contribution in [0, 0.1) is 0 Å². The third-order valence-electron chi connectivity index (χ3n) is 4.76. The number of amides is 1. The minimum Gasteiger partial charge on any atom is -0.497 e. The maximum absolute atomic E-state index is 13.1. The van der Waals surface area contributed by atoms with Gasteiger partial charge in [-0.25, -0.2) is 0 Å². The average Bonchev–Trinajstić information content (AvgIpc) is 2.67.